The zero-order valence-electron chi connectivity index (χ0n) is 22.3. The fourth-order valence-corrected chi connectivity index (χ4v) is 7.26. The molecule has 8 nitrogen and oxygen atoms in total. The highest BCUT2D eigenvalue weighted by molar-refractivity contribution is 7.89. The Hall–Kier alpha value is -2.74. The average molecular weight is 558 g/mol. The molecule has 0 unspecified atom stereocenters. The summed E-state index contributed by atoms with van der Waals surface area (Å²) < 4.78 is 27.9. The summed E-state index contributed by atoms with van der Waals surface area (Å²) in [6.07, 6.45) is 5.19. The van der Waals surface area contributed by atoms with Gasteiger partial charge in [-0.15, -0.1) is 11.3 Å². The Morgan fingerprint density at radius 1 is 1.16 bits per heavy atom. The first kappa shape index (κ1) is 28.3. The molecule has 1 amide bonds. The Morgan fingerprint density at radius 2 is 1.87 bits per heavy atom. The minimum atomic E-state index is -3.84. The van der Waals surface area contributed by atoms with E-state index >= 15 is 0 Å². The Bertz CT molecular complexity index is 1340. The fourth-order valence-electron chi connectivity index (χ4n) is 5.00. The van der Waals surface area contributed by atoms with Crippen LogP contribution in [0.2, 0.25) is 0 Å². The molecule has 1 aliphatic carbocycles. The van der Waals surface area contributed by atoms with E-state index in [1.54, 1.807) is 23.1 Å². The van der Waals surface area contributed by atoms with E-state index in [0.29, 0.717) is 22.9 Å². The van der Waals surface area contributed by atoms with Crippen LogP contribution < -0.4 is 4.90 Å². The number of carboxylic acids is 1. The molecule has 0 bridgehead atoms. The minimum Gasteiger partial charge on any atom is -0.477 e. The van der Waals surface area contributed by atoms with E-state index < -0.39 is 22.0 Å². The summed E-state index contributed by atoms with van der Waals surface area (Å²) in [4.78, 5) is 32.6. The van der Waals surface area contributed by atoms with Gasteiger partial charge in [-0.3, -0.25) is 4.79 Å². The van der Waals surface area contributed by atoms with Gasteiger partial charge < -0.3 is 10.0 Å². The van der Waals surface area contributed by atoms with E-state index in [4.69, 9.17) is 0 Å². The molecule has 0 aromatic carbocycles. The Morgan fingerprint density at radius 3 is 2.47 bits per heavy atom. The van der Waals surface area contributed by atoms with E-state index in [0.717, 1.165) is 37.0 Å². The molecule has 2 aromatic rings. The standard InChI is InChI=1S/C28H35N3O5S2/c1-19-8-10-20(11-9-19)26(32)31(23-17-22(12-14-28(2,3)4)37-25(23)27(33)34)21-13-16-30(18-21)38(35,36)24-7-5-6-15-29-24/h5-7,15,17,19-21H,8-11,13,16,18H2,1-4H3,(H,33,34)/t19-,20-,21-/m0/s1. The number of carboxylic acid groups (broad SMARTS) is 1. The number of thiophene rings is 1. The van der Waals surface area contributed by atoms with Crippen molar-refractivity contribution in [1.29, 1.82) is 0 Å². The van der Waals surface area contributed by atoms with Gasteiger partial charge in [0.25, 0.3) is 10.0 Å². The van der Waals surface area contributed by atoms with Crippen LogP contribution in [0.3, 0.4) is 0 Å². The SMILES string of the molecule is CC(C)(C)C#Cc1cc(N(C(=O)[C@H]2CC[C@H](C)CC2)[C@H]2CCN(S(=O)(=O)c3ccccn3)C2)c(C(=O)O)s1. The van der Waals surface area contributed by atoms with Gasteiger partial charge in [-0.1, -0.05) is 24.8 Å². The van der Waals surface area contributed by atoms with Crippen LogP contribution in [0.1, 0.15) is 74.3 Å². The molecule has 3 heterocycles. The Kier molecular flexibility index (Phi) is 8.31. The van der Waals surface area contributed by atoms with Gasteiger partial charge >= 0.3 is 5.97 Å². The predicted octanol–water partition coefficient (Wildman–Crippen LogP) is 4.86. The normalized spacial score (nSPS) is 22.5. The average Bonchev–Trinajstić information content (AvgIpc) is 3.52. The highest BCUT2D eigenvalue weighted by atomic mass is 32.2. The van der Waals surface area contributed by atoms with Crippen molar-refractivity contribution in [3.63, 3.8) is 0 Å². The predicted molar refractivity (Wildman–Crippen MR) is 148 cm³/mol. The maximum Gasteiger partial charge on any atom is 0.348 e. The van der Waals surface area contributed by atoms with Crippen molar-refractivity contribution in [3.05, 3.63) is 40.2 Å². The second-order valence-corrected chi connectivity index (χ2v) is 14.2. The number of anilines is 1. The zero-order valence-corrected chi connectivity index (χ0v) is 23.9. The van der Waals surface area contributed by atoms with E-state index in [1.807, 2.05) is 20.8 Å². The van der Waals surface area contributed by atoms with Crippen LogP contribution >= 0.6 is 11.3 Å². The van der Waals surface area contributed by atoms with Gasteiger partial charge in [-0.2, -0.15) is 4.31 Å². The summed E-state index contributed by atoms with van der Waals surface area (Å²) in [7, 11) is -3.84. The van der Waals surface area contributed by atoms with Crippen molar-refractivity contribution in [2.45, 2.75) is 70.9 Å². The molecule has 10 heteroatoms. The van der Waals surface area contributed by atoms with Crippen molar-refractivity contribution >= 4 is 38.9 Å². The number of sulfonamides is 1. The summed E-state index contributed by atoms with van der Waals surface area (Å²) in [5.41, 5.74) is 0.0413. The molecule has 38 heavy (non-hydrogen) atoms. The van der Waals surface area contributed by atoms with E-state index in [-0.39, 0.29) is 40.2 Å². The zero-order chi connectivity index (χ0) is 27.7. The molecule has 1 atom stereocenters. The third kappa shape index (κ3) is 6.28. The molecular formula is C28H35N3O5S2. The van der Waals surface area contributed by atoms with E-state index in [9.17, 15) is 23.1 Å². The van der Waals surface area contributed by atoms with Crippen LogP contribution in [0.4, 0.5) is 5.69 Å². The van der Waals surface area contributed by atoms with Gasteiger partial charge in [-0.05, 0) is 77.0 Å². The Labute approximate surface area is 229 Å². The van der Waals surface area contributed by atoms with Gasteiger partial charge in [0.15, 0.2) is 5.03 Å². The highest BCUT2D eigenvalue weighted by Crippen LogP contribution is 2.38. The second kappa shape index (κ2) is 11.2. The number of hydrogen-bond donors (Lipinski definition) is 1. The number of nitrogens with zero attached hydrogens (tertiary/aromatic N) is 3. The van der Waals surface area contributed by atoms with Crippen molar-refractivity contribution in [2.24, 2.45) is 17.3 Å². The number of aromatic nitrogens is 1. The second-order valence-electron chi connectivity index (χ2n) is 11.3. The van der Waals surface area contributed by atoms with Gasteiger partial charge in [0.2, 0.25) is 5.91 Å². The van der Waals surface area contributed by atoms with Gasteiger partial charge in [0.05, 0.1) is 16.6 Å². The third-order valence-corrected chi connectivity index (χ3v) is 9.87. The van der Waals surface area contributed by atoms with Crippen LogP contribution in [0.25, 0.3) is 0 Å². The Balaban J connectivity index is 1.72. The molecule has 1 saturated heterocycles. The van der Waals surface area contributed by atoms with Crippen LogP contribution in [0.15, 0.2) is 35.5 Å². The quantitative estimate of drug-likeness (QED) is 0.508. The molecule has 0 radical (unpaired) electrons. The molecule has 1 N–H and O–H groups in total. The highest BCUT2D eigenvalue weighted by Gasteiger charge is 2.41. The van der Waals surface area contributed by atoms with Crippen LogP contribution in [-0.4, -0.2) is 53.8 Å². The number of hydrogen-bond acceptors (Lipinski definition) is 6. The first-order valence-electron chi connectivity index (χ1n) is 13.0. The molecule has 1 saturated carbocycles. The molecule has 2 fully saturated rings. The summed E-state index contributed by atoms with van der Waals surface area (Å²) in [6.45, 7) is 8.40. The fraction of sp³-hybridized carbons (Fsp3) is 0.536. The van der Waals surface area contributed by atoms with Crippen LogP contribution in [0.5, 0.6) is 0 Å². The van der Waals surface area contributed by atoms with Gasteiger partial charge in [0, 0.05) is 30.6 Å². The lowest BCUT2D eigenvalue weighted by atomic mass is 9.82. The topological polar surface area (TPSA) is 108 Å². The van der Waals surface area contributed by atoms with E-state index in [2.05, 4.69) is 23.7 Å². The molecule has 2 aliphatic rings. The van der Waals surface area contributed by atoms with Gasteiger partial charge in [-0.25, -0.2) is 18.2 Å². The molecule has 2 aromatic heterocycles. The lowest BCUT2D eigenvalue weighted by Gasteiger charge is -2.34. The molecule has 204 valence electrons. The van der Waals surface area contributed by atoms with Crippen LogP contribution in [0, 0.1) is 29.1 Å². The summed E-state index contributed by atoms with van der Waals surface area (Å²) in [6, 6.07) is 5.93. The maximum atomic E-state index is 14.0. The lowest BCUT2D eigenvalue weighted by Crippen LogP contribution is -2.46. The van der Waals surface area contributed by atoms with Crippen molar-refractivity contribution in [3.8, 4) is 11.8 Å². The number of aromatic carboxylic acids is 1. The minimum absolute atomic E-state index is 0.0405. The molecule has 4 rings (SSSR count). The molecular weight excluding hydrogens is 522 g/mol. The number of rotatable bonds is 6. The maximum absolute atomic E-state index is 14.0. The number of carbonyl (C=O) groups is 2. The van der Waals surface area contributed by atoms with E-state index in [1.165, 1.54) is 16.6 Å². The number of carbonyl (C=O) groups excluding carboxylic acids is 1. The van der Waals surface area contributed by atoms with Crippen molar-refractivity contribution < 1.29 is 23.1 Å². The number of pyridine rings is 1. The lowest BCUT2D eigenvalue weighted by molar-refractivity contribution is -0.124. The number of amides is 1. The third-order valence-electron chi connectivity index (χ3n) is 7.06. The van der Waals surface area contributed by atoms with Crippen molar-refractivity contribution in [2.75, 3.05) is 18.0 Å². The largest absolute Gasteiger partial charge is 0.477 e. The van der Waals surface area contributed by atoms with Crippen LogP contribution in [-0.2, 0) is 14.8 Å². The van der Waals surface area contributed by atoms with Crippen molar-refractivity contribution in [1.82, 2.24) is 9.29 Å². The first-order valence-corrected chi connectivity index (χ1v) is 15.3. The molecule has 0 spiro atoms. The summed E-state index contributed by atoms with van der Waals surface area (Å²) in [5.74, 6) is 5.29. The summed E-state index contributed by atoms with van der Waals surface area (Å²) in [5, 5.41) is 10.0. The molecule has 1 aliphatic heterocycles. The monoisotopic (exact) mass is 557 g/mol. The smallest absolute Gasteiger partial charge is 0.348 e. The first-order chi connectivity index (χ1) is 17.9. The van der Waals surface area contributed by atoms with Gasteiger partial charge in [0.1, 0.15) is 4.88 Å². The summed E-state index contributed by atoms with van der Waals surface area (Å²) >= 11 is 1.05.